The van der Waals surface area contributed by atoms with Crippen molar-refractivity contribution < 1.29 is 9.90 Å². The van der Waals surface area contributed by atoms with Gasteiger partial charge in [-0.15, -0.1) is 0 Å². The predicted octanol–water partition coefficient (Wildman–Crippen LogP) is 1.87. The van der Waals surface area contributed by atoms with Gasteiger partial charge in [0.25, 0.3) is 5.91 Å². The maximum Gasteiger partial charge on any atom is 0.271 e. The van der Waals surface area contributed by atoms with Crippen molar-refractivity contribution in [1.29, 1.82) is 0 Å². The predicted molar refractivity (Wildman–Crippen MR) is 117 cm³/mol. The zero-order valence-electron chi connectivity index (χ0n) is 17.0. The number of nitrogens with one attached hydrogen (secondary N) is 2. The number of amides is 1. The number of hydrogen-bond acceptors (Lipinski definition) is 5. The summed E-state index contributed by atoms with van der Waals surface area (Å²) < 4.78 is 1.82. The summed E-state index contributed by atoms with van der Waals surface area (Å²) in [7, 11) is 0. The average molecular weight is 416 g/mol. The molecule has 0 spiro atoms. The van der Waals surface area contributed by atoms with E-state index in [1.165, 1.54) is 11.1 Å². The van der Waals surface area contributed by atoms with E-state index in [2.05, 4.69) is 43.6 Å². The fourth-order valence-corrected chi connectivity index (χ4v) is 4.05. The number of aromatic nitrogens is 4. The van der Waals surface area contributed by atoms with Gasteiger partial charge in [-0.3, -0.25) is 14.8 Å². The molecule has 1 atom stereocenters. The van der Waals surface area contributed by atoms with E-state index < -0.39 is 6.10 Å². The molecule has 1 unspecified atom stereocenters. The highest BCUT2D eigenvalue weighted by Gasteiger charge is 2.19. The number of imidazole rings is 1. The maximum absolute atomic E-state index is 12.6. The molecule has 1 aromatic carbocycles. The van der Waals surface area contributed by atoms with Gasteiger partial charge in [0, 0.05) is 55.9 Å². The minimum atomic E-state index is -0.640. The number of β-amino-alcohol motifs (C(OH)–C–C–N with tert-alkyl or cyclic N) is 1. The lowest BCUT2D eigenvalue weighted by molar-refractivity contribution is 0.0838. The summed E-state index contributed by atoms with van der Waals surface area (Å²) in [6.07, 6.45) is 7.51. The maximum atomic E-state index is 12.6. The number of H-pyrrole nitrogens is 1. The van der Waals surface area contributed by atoms with Gasteiger partial charge in [-0.05, 0) is 29.7 Å². The Hall–Kier alpha value is -3.49. The number of hydrogen-bond donors (Lipinski definition) is 3. The van der Waals surface area contributed by atoms with Crippen molar-refractivity contribution in [3.05, 3.63) is 78.0 Å². The van der Waals surface area contributed by atoms with Crippen LogP contribution in [0.15, 0.2) is 61.2 Å². The number of pyridine rings is 1. The van der Waals surface area contributed by atoms with Crippen LogP contribution in [-0.2, 0) is 13.0 Å². The Labute approximate surface area is 179 Å². The third-order valence-electron chi connectivity index (χ3n) is 5.69. The fraction of sp³-hybridized carbons (Fsp3) is 0.261. The van der Waals surface area contributed by atoms with E-state index in [1.54, 1.807) is 12.4 Å². The molecule has 31 heavy (non-hydrogen) atoms. The number of benzene rings is 1. The van der Waals surface area contributed by atoms with E-state index >= 15 is 0 Å². The third-order valence-corrected chi connectivity index (χ3v) is 5.69. The van der Waals surface area contributed by atoms with Gasteiger partial charge in [-0.25, -0.2) is 4.98 Å². The summed E-state index contributed by atoms with van der Waals surface area (Å²) in [4.78, 5) is 19.2. The van der Waals surface area contributed by atoms with E-state index in [-0.39, 0.29) is 12.5 Å². The molecular formula is C23H24N6O2. The number of aromatic amines is 1. The molecule has 1 aliphatic rings. The molecule has 0 saturated carbocycles. The van der Waals surface area contributed by atoms with Gasteiger partial charge >= 0.3 is 0 Å². The Morgan fingerprint density at radius 1 is 1.16 bits per heavy atom. The lowest BCUT2D eigenvalue weighted by atomic mass is 10.00. The molecule has 158 valence electrons. The Morgan fingerprint density at radius 2 is 2.03 bits per heavy atom. The van der Waals surface area contributed by atoms with Crippen LogP contribution in [0, 0.1) is 0 Å². The number of aliphatic hydroxyl groups is 1. The summed E-state index contributed by atoms with van der Waals surface area (Å²) in [6, 6.07) is 12.2. The molecule has 1 amide bonds. The van der Waals surface area contributed by atoms with Crippen LogP contribution in [0.2, 0.25) is 0 Å². The van der Waals surface area contributed by atoms with Crippen LogP contribution in [0.25, 0.3) is 16.8 Å². The average Bonchev–Trinajstić information content (AvgIpc) is 3.47. The SMILES string of the molecule is O=C(NCC(O)CN1CCc2ccccc2C1)c1cn2cc(-c3cn[nH]c3)ccc2n1. The van der Waals surface area contributed by atoms with E-state index in [9.17, 15) is 9.90 Å². The normalized spacial score (nSPS) is 15.0. The Balaban J connectivity index is 1.18. The highest BCUT2D eigenvalue weighted by molar-refractivity contribution is 5.92. The zero-order valence-corrected chi connectivity index (χ0v) is 17.0. The number of rotatable bonds is 6. The van der Waals surface area contributed by atoms with Crippen molar-refractivity contribution in [3.63, 3.8) is 0 Å². The molecular weight excluding hydrogens is 392 g/mol. The largest absolute Gasteiger partial charge is 0.390 e. The highest BCUT2D eigenvalue weighted by atomic mass is 16.3. The van der Waals surface area contributed by atoms with Gasteiger partial charge in [0.15, 0.2) is 0 Å². The van der Waals surface area contributed by atoms with Crippen LogP contribution in [0.5, 0.6) is 0 Å². The smallest absolute Gasteiger partial charge is 0.271 e. The lowest BCUT2D eigenvalue weighted by Gasteiger charge is -2.30. The molecule has 0 radical (unpaired) electrons. The number of carbonyl (C=O) groups excluding carboxylic acids is 1. The molecule has 3 N–H and O–H groups in total. The Morgan fingerprint density at radius 3 is 2.87 bits per heavy atom. The number of fused-ring (bicyclic) bond motifs is 2. The van der Waals surface area contributed by atoms with Crippen LogP contribution < -0.4 is 5.32 Å². The molecule has 8 nitrogen and oxygen atoms in total. The zero-order chi connectivity index (χ0) is 21.2. The molecule has 3 aromatic heterocycles. The monoisotopic (exact) mass is 416 g/mol. The first-order chi connectivity index (χ1) is 15.2. The molecule has 8 heteroatoms. The molecule has 5 rings (SSSR count). The summed E-state index contributed by atoms with van der Waals surface area (Å²) in [5, 5.41) is 20.0. The van der Waals surface area contributed by atoms with E-state index in [0.717, 1.165) is 30.6 Å². The van der Waals surface area contributed by atoms with Crippen LogP contribution in [0.1, 0.15) is 21.6 Å². The quantitative estimate of drug-likeness (QED) is 0.446. The fourth-order valence-electron chi connectivity index (χ4n) is 4.05. The first kappa shape index (κ1) is 19.5. The lowest BCUT2D eigenvalue weighted by Crippen LogP contribution is -2.42. The van der Waals surface area contributed by atoms with Crippen LogP contribution >= 0.6 is 0 Å². The van der Waals surface area contributed by atoms with Crippen molar-refractivity contribution in [2.45, 2.75) is 19.1 Å². The van der Waals surface area contributed by atoms with Crippen molar-refractivity contribution >= 4 is 11.6 Å². The molecule has 4 aromatic rings. The van der Waals surface area contributed by atoms with Gasteiger partial charge in [0.1, 0.15) is 11.3 Å². The molecule has 4 heterocycles. The third kappa shape index (κ3) is 4.21. The van der Waals surface area contributed by atoms with Crippen LogP contribution in [0.3, 0.4) is 0 Å². The van der Waals surface area contributed by atoms with Gasteiger partial charge in [0.05, 0.1) is 12.3 Å². The minimum absolute atomic E-state index is 0.186. The molecule has 0 saturated heterocycles. The second kappa shape index (κ2) is 8.33. The number of aliphatic hydroxyl groups excluding tert-OH is 1. The topological polar surface area (TPSA) is 98.5 Å². The molecule has 0 aliphatic carbocycles. The summed E-state index contributed by atoms with van der Waals surface area (Å²) in [5.41, 5.74) is 5.64. The number of nitrogens with zero attached hydrogens (tertiary/aromatic N) is 4. The van der Waals surface area contributed by atoms with Crippen LogP contribution in [0.4, 0.5) is 0 Å². The van der Waals surface area contributed by atoms with Gasteiger partial charge in [-0.2, -0.15) is 5.10 Å². The van der Waals surface area contributed by atoms with E-state index in [0.29, 0.717) is 17.9 Å². The van der Waals surface area contributed by atoms with Gasteiger partial charge < -0.3 is 14.8 Å². The summed E-state index contributed by atoms with van der Waals surface area (Å²) in [5.74, 6) is -0.295. The van der Waals surface area contributed by atoms with Gasteiger partial charge in [-0.1, -0.05) is 24.3 Å². The van der Waals surface area contributed by atoms with E-state index in [1.807, 2.05) is 35.0 Å². The van der Waals surface area contributed by atoms with Crippen molar-refractivity contribution in [2.75, 3.05) is 19.6 Å². The minimum Gasteiger partial charge on any atom is -0.390 e. The highest BCUT2D eigenvalue weighted by Crippen LogP contribution is 2.19. The van der Waals surface area contributed by atoms with Crippen molar-refractivity contribution in [1.82, 2.24) is 29.8 Å². The Kier molecular flexibility index (Phi) is 5.23. The number of carbonyl (C=O) groups is 1. The summed E-state index contributed by atoms with van der Waals surface area (Å²) in [6.45, 7) is 2.44. The van der Waals surface area contributed by atoms with E-state index in [4.69, 9.17) is 0 Å². The first-order valence-electron chi connectivity index (χ1n) is 10.4. The van der Waals surface area contributed by atoms with Gasteiger partial charge in [0.2, 0.25) is 0 Å². The second-order valence-electron chi connectivity index (χ2n) is 7.91. The molecule has 0 fully saturated rings. The molecule has 0 bridgehead atoms. The standard InChI is InChI=1S/C23H24N6O2/c30-20(14-28-8-7-16-3-1-2-4-17(16)12-28)11-24-23(31)21-15-29-13-18(5-6-22(29)27-21)19-9-25-26-10-19/h1-6,9-10,13,15,20,30H,7-8,11-12,14H2,(H,24,31)(H,25,26). The van der Waals surface area contributed by atoms with Crippen molar-refractivity contribution in [3.8, 4) is 11.1 Å². The second-order valence-corrected chi connectivity index (χ2v) is 7.91. The molecule has 1 aliphatic heterocycles. The summed E-state index contributed by atoms with van der Waals surface area (Å²) >= 11 is 0. The van der Waals surface area contributed by atoms with Crippen molar-refractivity contribution in [2.24, 2.45) is 0 Å². The Bertz CT molecular complexity index is 1200. The van der Waals surface area contributed by atoms with Crippen LogP contribution in [-0.4, -0.2) is 61.2 Å². The first-order valence-corrected chi connectivity index (χ1v) is 10.4.